The summed E-state index contributed by atoms with van der Waals surface area (Å²) in [6, 6.07) is 9.93. The molecule has 0 saturated heterocycles. The molecular formula is C15H20N4O. The number of hydrogen-bond donors (Lipinski definition) is 0. The van der Waals surface area contributed by atoms with Gasteiger partial charge >= 0.3 is 0 Å². The van der Waals surface area contributed by atoms with E-state index in [9.17, 15) is 4.79 Å². The van der Waals surface area contributed by atoms with Gasteiger partial charge in [-0.25, -0.2) is 0 Å². The lowest BCUT2D eigenvalue weighted by Gasteiger charge is -2.21. The van der Waals surface area contributed by atoms with Crippen molar-refractivity contribution in [1.29, 1.82) is 0 Å². The minimum atomic E-state index is -0.106. The van der Waals surface area contributed by atoms with Crippen molar-refractivity contribution in [2.45, 2.75) is 32.6 Å². The van der Waals surface area contributed by atoms with E-state index in [4.69, 9.17) is 0 Å². The molecule has 0 aliphatic heterocycles. The fraction of sp³-hybridized carbons (Fsp3) is 0.467. The van der Waals surface area contributed by atoms with Crippen molar-refractivity contribution in [2.75, 3.05) is 0 Å². The van der Waals surface area contributed by atoms with Crippen molar-refractivity contribution >= 4 is 5.78 Å². The summed E-state index contributed by atoms with van der Waals surface area (Å²) in [5.41, 5.74) is 1.07. The number of tetrazole rings is 1. The highest BCUT2D eigenvalue weighted by Gasteiger charge is 2.26. The summed E-state index contributed by atoms with van der Waals surface area (Å²) in [6.45, 7) is 4.22. The monoisotopic (exact) mass is 272 g/mol. The molecule has 0 amide bonds. The van der Waals surface area contributed by atoms with Gasteiger partial charge in [-0.2, -0.15) is 4.80 Å². The van der Waals surface area contributed by atoms with E-state index in [2.05, 4.69) is 29.3 Å². The van der Waals surface area contributed by atoms with Crippen LogP contribution < -0.4 is 0 Å². The SMILES string of the molecule is CCC(C)C(C(=O)Cc1nnn(C)n1)c1ccccc1. The van der Waals surface area contributed by atoms with Crippen LogP contribution in [0.2, 0.25) is 0 Å². The second kappa shape index (κ2) is 6.41. The Balaban J connectivity index is 2.20. The Morgan fingerprint density at radius 1 is 1.30 bits per heavy atom. The number of carbonyl (C=O) groups is 1. The topological polar surface area (TPSA) is 60.7 Å². The lowest BCUT2D eigenvalue weighted by atomic mass is 9.81. The van der Waals surface area contributed by atoms with Gasteiger partial charge in [0.25, 0.3) is 0 Å². The Bertz CT molecular complexity index is 564. The molecule has 0 saturated carbocycles. The van der Waals surface area contributed by atoms with Crippen molar-refractivity contribution in [3.8, 4) is 0 Å². The number of Topliss-reactive ketones (excluding diaryl/α,β-unsaturated/α-hetero) is 1. The predicted molar refractivity (Wildman–Crippen MR) is 76.1 cm³/mol. The van der Waals surface area contributed by atoms with Gasteiger partial charge in [-0.1, -0.05) is 50.6 Å². The van der Waals surface area contributed by atoms with Crippen LogP contribution >= 0.6 is 0 Å². The number of carbonyl (C=O) groups excluding carboxylic acids is 1. The summed E-state index contributed by atoms with van der Waals surface area (Å²) >= 11 is 0. The lowest BCUT2D eigenvalue weighted by molar-refractivity contribution is -0.121. The molecule has 2 unspecified atom stereocenters. The second-order valence-electron chi connectivity index (χ2n) is 5.11. The Morgan fingerprint density at radius 2 is 2.00 bits per heavy atom. The Kier molecular flexibility index (Phi) is 4.61. The zero-order valence-corrected chi connectivity index (χ0v) is 12.2. The van der Waals surface area contributed by atoms with Gasteiger partial charge in [-0.05, 0) is 16.7 Å². The molecule has 0 aliphatic rings. The molecule has 106 valence electrons. The number of ketones is 1. The summed E-state index contributed by atoms with van der Waals surface area (Å²) in [7, 11) is 1.70. The van der Waals surface area contributed by atoms with Crippen LogP contribution in [0, 0.1) is 5.92 Å². The first-order valence-electron chi connectivity index (χ1n) is 6.92. The van der Waals surface area contributed by atoms with Gasteiger partial charge < -0.3 is 0 Å². The molecule has 5 nitrogen and oxygen atoms in total. The number of aryl methyl sites for hydroxylation is 1. The van der Waals surface area contributed by atoms with Crippen LogP contribution in [-0.2, 0) is 18.3 Å². The van der Waals surface area contributed by atoms with Gasteiger partial charge in [-0.3, -0.25) is 4.79 Å². The molecule has 0 radical (unpaired) electrons. The molecule has 2 aromatic rings. The first-order chi connectivity index (χ1) is 9.61. The summed E-state index contributed by atoms with van der Waals surface area (Å²) in [5.74, 6) is 0.826. The predicted octanol–water partition coefficient (Wildman–Crippen LogP) is 2.15. The van der Waals surface area contributed by atoms with Gasteiger partial charge in [-0.15, -0.1) is 10.2 Å². The van der Waals surface area contributed by atoms with E-state index in [1.807, 2.05) is 30.3 Å². The quantitative estimate of drug-likeness (QED) is 0.808. The molecule has 2 atom stereocenters. The highest BCUT2D eigenvalue weighted by atomic mass is 16.1. The molecule has 0 spiro atoms. The normalized spacial score (nSPS) is 13.9. The Labute approximate surface area is 119 Å². The molecule has 1 aromatic carbocycles. The third-order valence-electron chi connectivity index (χ3n) is 3.60. The van der Waals surface area contributed by atoms with Crippen LogP contribution in [0.25, 0.3) is 0 Å². The average molecular weight is 272 g/mol. The van der Waals surface area contributed by atoms with Crippen molar-refractivity contribution in [3.05, 3.63) is 41.7 Å². The van der Waals surface area contributed by atoms with Crippen LogP contribution in [-0.4, -0.2) is 26.0 Å². The standard InChI is InChI=1S/C15H20N4O/c1-4-11(2)15(12-8-6-5-7-9-12)13(20)10-14-16-18-19(3)17-14/h5-9,11,15H,4,10H2,1-3H3. The zero-order valence-electron chi connectivity index (χ0n) is 12.2. The molecular weight excluding hydrogens is 252 g/mol. The Morgan fingerprint density at radius 3 is 2.55 bits per heavy atom. The van der Waals surface area contributed by atoms with E-state index < -0.39 is 0 Å². The van der Waals surface area contributed by atoms with Crippen LogP contribution in [0.15, 0.2) is 30.3 Å². The molecule has 0 aliphatic carbocycles. The van der Waals surface area contributed by atoms with Gasteiger partial charge in [0.15, 0.2) is 5.82 Å². The molecule has 0 fully saturated rings. The van der Waals surface area contributed by atoms with Gasteiger partial charge in [0.1, 0.15) is 5.78 Å². The molecule has 0 N–H and O–H groups in total. The third-order valence-corrected chi connectivity index (χ3v) is 3.60. The minimum Gasteiger partial charge on any atom is -0.299 e. The minimum absolute atomic E-state index is 0.106. The van der Waals surface area contributed by atoms with E-state index >= 15 is 0 Å². The molecule has 1 heterocycles. The largest absolute Gasteiger partial charge is 0.299 e. The molecule has 5 heteroatoms. The fourth-order valence-corrected chi connectivity index (χ4v) is 2.39. The average Bonchev–Trinajstić information content (AvgIpc) is 2.85. The molecule has 0 bridgehead atoms. The van der Waals surface area contributed by atoms with E-state index in [1.165, 1.54) is 4.80 Å². The molecule has 1 aromatic heterocycles. The summed E-state index contributed by atoms with van der Waals surface area (Å²) in [5, 5.41) is 11.8. The van der Waals surface area contributed by atoms with Crippen molar-refractivity contribution in [2.24, 2.45) is 13.0 Å². The lowest BCUT2D eigenvalue weighted by Crippen LogP contribution is -2.22. The van der Waals surface area contributed by atoms with Gasteiger partial charge in [0, 0.05) is 5.92 Å². The van der Waals surface area contributed by atoms with Crippen LogP contribution in [0.4, 0.5) is 0 Å². The molecule has 2 rings (SSSR count). The van der Waals surface area contributed by atoms with Gasteiger partial charge in [0.2, 0.25) is 0 Å². The first-order valence-corrected chi connectivity index (χ1v) is 6.92. The summed E-state index contributed by atoms with van der Waals surface area (Å²) in [4.78, 5) is 14.0. The number of benzene rings is 1. The maximum Gasteiger partial charge on any atom is 0.182 e. The molecule has 20 heavy (non-hydrogen) atoms. The van der Waals surface area contributed by atoms with E-state index in [1.54, 1.807) is 7.05 Å². The third kappa shape index (κ3) is 3.29. The highest BCUT2D eigenvalue weighted by molar-refractivity contribution is 5.87. The maximum atomic E-state index is 12.6. The smallest absolute Gasteiger partial charge is 0.182 e. The second-order valence-corrected chi connectivity index (χ2v) is 5.11. The first kappa shape index (κ1) is 14.4. The number of aromatic nitrogens is 4. The Hall–Kier alpha value is -2.04. The van der Waals surface area contributed by atoms with Crippen molar-refractivity contribution in [1.82, 2.24) is 20.2 Å². The van der Waals surface area contributed by atoms with Crippen LogP contribution in [0.1, 0.15) is 37.6 Å². The summed E-state index contributed by atoms with van der Waals surface area (Å²) < 4.78 is 0. The van der Waals surface area contributed by atoms with Crippen molar-refractivity contribution < 1.29 is 4.79 Å². The van der Waals surface area contributed by atoms with E-state index in [0.717, 1.165) is 12.0 Å². The van der Waals surface area contributed by atoms with E-state index in [0.29, 0.717) is 11.7 Å². The van der Waals surface area contributed by atoms with Crippen molar-refractivity contribution in [3.63, 3.8) is 0 Å². The van der Waals surface area contributed by atoms with E-state index in [-0.39, 0.29) is 18.1 Å². The van der Waals surface area contributed by atoms with Crippen LogP contribution in [0.3, 0.4) is 0 Å². The van der Waals surface area contributed by atoms with Gasteiger partial charge in [0.05, 0.1) is 13.5 Å². The zero-order chi connectivity index (χ0) is 14.5. The highest BCUT2D eigenvalue weighted by Crippen LogP contribution is 2.28. The summed E-state index contributed by atoms with van der Waals surface area (Å²) in [6.07, 6.45) is 1.19. The van der Waals surface area contributed by atoms with Crippen LogP contribution in [0.5, 0.6) is 0 Å². The fourth-order valence-electron chi connectivity index (χ4n) is 2.39. The number of nitrogens with zero attached hydrogens (tertiary/aromatic N) is 4. The number of rotatable bonds is 6. The maximum absolute atomic E-state index is 12.6. The number of hydrogen-bond acceptors (Lipinski definition) is 4.